The molecule has 1 aliphatic rings. The number of halogens is 1. The molecule has 15 heteroatoms. The topological polar surface area (TPSA) is 217 Å². The highest BCUT2D eigenvalue weighted by atomic mass is 31.2. The van der Waals surface area contributed by atoms with Crippen molar-refractivity contribution in [1.82, 2.24) is 19.9 Å². The SMILES string of the molecule is Nc1nc(C2O[C@H](CO)[C@@H](O)[C@@H]2OF)nc2[nH]cnc12.O=P(O)(O)O. The Labute approximate surface area is 138 Å². The van der Waals surface area contributed by atoms with Crippen molar-refractivity contribution in [2.24, 2.45) is 0 Å². The smallest absolute Gasteiger partial charge is 0.394 e. The van der Waals surface area contributed by atoms with Gasteiger partial charge in [-0.05, 0) is 4.53 Å². The van der Waals surface area contributed by atoms with E-state index in [1.165, 1.54) is 6.33 Å². The molecule has 8 N–H and O–H groups in total. The zero-order valence-electron chi connectivity index (χ0n) is 12.3. The minimum atomic E-state index is -4.64. The maximum atomic E-state index is 12.6. The second-order valence-corrected chi connectivity index (χ2v) is 5.93. The fourth-order valence-electron chi connectivity index (χ4n) is 2.20. The number of imidazole rings is 1. The van der Waals surface area contributed by atoms with Crippen molar-refractivity contribution >= 4 is 24.8 Å². The Morgan fingerprint density at radius 2 is 2.04 bits per heavy atom. The van der Waals surface area contributed by atoms with Crippen LogP contribution in [0.3, 0.4) is 0 Å². The number of ether oxygens (including phenoxy) is 1. The van der Waals surface area contributed by atoms with Crippen molar-refractivity contribution in [1.29, 1.82) is 0 Å². The van der Waals surface area contributed by atoms with Crippen molar-refractivity contribution in [3.8, 4) is 0 Å². The average molecular weight is 383 g/mol. The predicted octanol–water partition coefficient (Wildman–Crippen LogP) is -1.93. The van der Waals surface area contributed by atoms with Crippen LogP contribution in [0.25, 0.3) is 11.2 Å². The van der Waals surface area contributed by atoms with Gasteiger partial charge in [-0.3, -0.25) is 0 Å². The number of phosphoric acid groups is 1. The molecule has 0 aliphatic carbocycles. The number of H-pyrrole nitrogens is 1. The minimum absolute atomic E-state index is 0.0388. The van der Waals surface area contributed by atoms with E-state index in [2.05, 4.69) is 24.9 Å². The van der Waals surface area contributed by atoms with Gasteiger partial charge in [0.25, 0.3) is 0 Å². The van der Waals surface area contributed by atoms with Crippen LogP contribution in [0.1, 0.15) is 11.9 Å². The van der Waals surface area contributed by atoms with Crippen molar-refractivity contribution in [2.45, 2.75) is 24.4 Å². The van der Waals surface area contributed by atoms with Crippen LogP contribution < -0.4 is 5.73 Å². The van der Waals surface area contributed by atoms with E-state index in [0.29, 0.717) is 11.2 Å². The molecule has 1 unspecified atom stereocenters. The van der Waals surface area contributed by atoms with Crippen LogP contribution in [0.4, 0.5) is 10.3 Å². The monoisotopic (exact) mass is 383 g/mol. The summed E-state index contributed by atoms with van der Waals surface area (Å²) >= 11 is 0. The van der Waals surface area contributed by atoms with Gasteiger partial charge in [0.1, 0.15) is 23.8 Å². The Kier molecular flexibility index (Phi) is 5.97. The van der Waals surface area contributed by atoms with Crippen molar-refractivity contribution < 1.29 is 43.7 Å². The first-order chi connectivity index (χ1) is 11.7. The van der Waals surface area contributed by atoms with Gasteiger partial charge in [0, 0.05) is 0 Å². The van der Waals surface area contributed by atoms with Gasteiger partial charge in [0.2, 0.25) is 0 Å². The highest BCUT2D eigenvalue weighted by Crippen LogP contribution is 2.35. The van der Waals surface area contributed by atoms with E-state index in [9.17, 15) is 9.63 Å². The van der Waals surface area contributed by atoms with Crippen LogP contribution in [-0.4, -0.2) is 69.7 Å². The summed E-state index contributed by atoms with van der Waals surface area (Å²) in [7, 11) is -4.64. The average Bonchev–Trinajstić information content (AvgIpc) is 3.09. The fourth-order valence-corrected chi connectivity index (χ4v) is 2.20. The number of nitrogen functional groups attached to an aromatic ring is 1. The van der Waals surface area contributed by atoms with Crippen LogP contribution in [-0.2, 0) is 14.2 Å². The molecule has 3 rings (SSSR count). The standard InChI is InChI=1S/C10H12FN5O4.H3O4P/c11-20-6-5(18)3(1-17)19-7(6)10-15-8(12)4-9(16-10)14-2-13-4;1-5(2,3)4/h2-3,5-7,17-18H,1H2,(H3,12,13,14,15,16);(H3,1,2,3,4)/t3-,5-,6+,7?;/m1./s1. The Balaban J connectivity index is 0.000000399. The highest BCUT2D eigenvalue weighted by molar-refractivity contribution is 7.45. The van der Waals surface area contributed by atoms with Gasteiger partial charge in [0.15, 0.2) is 23.4 Å². The van der Waals surface area contributed by atoms with Crippen LogP contribution in [0.5, 0.6) is 0 Å². The van der Waals surface area contributed by atoms with E-state index in [-0.39, 0.29) is 11.6 Å². The molecule has 2 aromatic heterocycles. The van der Waals surface area contributed by atoms with E-state index in [1.807, 2.05) is 0 Å². The Hall–Kier alpha value is -1.77. The first-order valence-corrected chi connectivity index (χ1v) is 8.18. The Morgan fingerprint density at radius 3 is 2.60 bits per heavy atom. The summed E-state index contributed by atoms with van der Waals surface area (Å²) in [6.07, 6.45) is -3.35. The van der Waals surface area contributed by atoms with Crippen molar-refractivity contribution in [3.63, 3.8) is 0 Å². The molecule has 13 nitrogen and oxygen atoms in total. The summed E-state index contributed by atoms with van der Waals surface area (Å²) in [5.74, 6) is 0.131. The van der Waals surface area contributed by atoms with Crippen LogP contribution in [0, 0.1) is 0 Å². The third-order valence-corrected chi connectivity index (χ3v) is 3.20. The number of nitrogens with zero attached hydrogens (tertiary/aromatic N) is 3. The lowest BCUT2D eigenvalue weighted by atomic mass is 10.1. The third-order valence-electron chi connectivity index (χ3n) is 3.20. The van der Waals surface area contributed by atoms with Crippen molar-refractivity contribution in [3.05, 3.63) is 12.2 Å². The van der Waals surface area contributed by atoms with E-state index >= 15 is 0 Å². The second-order valence-electron chi connectivity index (χ2n) is 4.90. The van der Waals surface area contributed by atoms with Crippen molar-refractivity contribution in [2.75, 3.05) is 12.3 Å². The maximum absolute atomic E-state index is 12.6. The predicted molar refractivity (Wildman–Crippen MR) is 77.0 cm³/mol. The number of aliphatic hydroxyl groups excluding tert-OH is 2. The summed E-state index contributed by atoms with van der Waals surface area (Å²) in [6.45, 7) is -0.487. The Morgan fingerprint density at radius 1 is 1.40 bits per heavy atom. The molecule has 1 fully saturated rings. The molecule has 2 aromatic rings. The number of anilines is 1. The number of aromatic amines is 1. The third kappa shape index (κ3) is 4.65. The second kappa shape index (κ2) is 7.63. The summed E-state index contributed by atoms with van der Waals surface area (Å²) in [5.41, 5.74) is 6.46. The Bertz CT molecular complexity index is 763. The van der Waals surface area contributed by atoms with Gasteiger partial charge in [-0.2, -0.15) is 4.94 Å². The molecule has 4 atom stereocenters. The molecule has 25 heavy (non-hydrogen) atoms. The lowest BCUT2D eigenvalue weighted by Crippen LogP contribution is -2.33. The summed E-state index contributed by atoms with van der Waals surface area (Å²) in [5, 5.41) is 18.8. The molecule has 1 saturated heterocycles. The number of rotatable bonds is 3. The molecular weight excluding hydrogens is 368 g/mol. The van der Waals surface area contributed by atoms with E-state index in [0.717, 1.165) is 0 Å². The first-order valence-electron chi connectivity index (χ1n) is 6.62. The largest absolute Gasteiger partial charge is 0.466 e. The molecule has 3 heterocycles. The molecule has 0 amide bonds. The molecule has 0 spiro atoms. The zero-order valence-corrected chi connectivity index (χ0v) is 13.2. The number of nitrogens with two attached hydrogens (primary N) is 1. The number of hydrogen-bond donors (Lipinski definition) is 7. The van der Waals surface area contributed by atoms with E-state index in [1.54, 1.807) is 0 Å². The van der Waals surface area contributed by atoms with Crippen LogP contribution in [0.15, 0.2) is 6.33 Å². The lowest BCUT2D eigenvalue weighted by Gasteiger charge is -2.14. The summed E-state index contributed by atoms with van der Waals surface area (Å²) in [6, 6.07) is 0. The van der Waals surface area contributed by atoms with Crippen LogP contribution in [0.2, 0.25) is 0 Å². The molecule has 0 bridgehead atoms. The quantitative estimate of drug-likeness (QED) is 0.288. The normalized spacial score (nSPS) is 26.5. The summed E-state index contributed by atoms with van der Waals surface area (Å²) < 4.78 is 26.8. The summed E-state index contributed by atoms with van der Waals surface area (Å²) in [4.78, 5) is 40.0. The molecule has 0 saturated carbocycles. The van der Waals surface area contributed by atoms with Gasteiger partial charge in [-0.1, -0.05) is 0 Å². The number of nitrogens with one attached hydrogen (secondary N) is 1. The number of fused-ring (bicyclic) bond motifs is 1. The van der Waals surface area contributed by atoms with E-state index in [4.69, 9.17) is 34.8 Å². The van der Waals surface area contributed by atoms with Gasteiger partial charge >= 0.3 is 7.82 Å². The van der Waals surface area contributed by atoms with E-state index < -0.39 is 38.8 Å². The first kappa shape index (κ1) is 19.6. The van der Waals surface area contributed by atoms with Gasteiger partial charge in [-0.15, -0.1) is 0 Å². The van der Waals surface area contributed by atoms with Gasteiger partial charge in [-0.25, -0.2) is 19.5 Å². The maximum Gasteiger partial charge on any atom is 0.466 e. The van der Waals surface area contributed by atoms with Gasteiger partial charge in [0.05, 0.1) is 12.9 Å². The highest BCUT2D eigenvalue weighted by Gasteiger charge is 2.47. The molecule has 0 radical (unpaired) electrons. The number of aliphatic hydroxyl groups is 2. The minimum Gasteiger partial charge on any atom is -0.394 e. The molecular formula is C10H15FN5O8P. The number of hydrogen-bond acceptors (Lipinski definition) is 9. The number of aromatic nitrogens is 4. The van der Waals surface area contributed by atoms with Gasteiger partial charge < -0.3 is 40.3 Å². The lowest BCUT2D eigenvalue weighted by molar-refractivity contribution is -0.212. The zero-order chi connectivity index (χ0) is 18.8. The molecule has 140 valence electrons. The molecule has 0 aromatic carbocycles. The van der Waals surface area contributed by atoms with Crippen LogP contribution >= 0.6 is 7.82 Å². The fraction of sp³-hybridized carbons (Fsp3) is 0.500. The molecule has 1 aliphatic heterocycles.